The fraction of sp³-hybridized carbons (Fsp3) is 0.333. The average Bonchev–Trinajstić information content (AvgIpc) is 3.35. The van der Waals surface area contributed by atoms with Gasteiger partial charge >= 0.3 is 0 Å². The molecule has 1 aromatic heterocycles. The molecule has 2 aromatic carbocycles. The molecule has 0 fully saturated rings. The van der Waals surface area contributed by atoms with E-state index in [2.05, 4.69) is 0 Å². The molecule has 0 N–H and O–H groups in total. The first-order chi connectivity index (χ1) is 16.0. The highest BCUT2D eigenvalue weighted by Crippen LogP contribution is 2.13. The minimum absolute atomic E-state index is 0.00939. The summed E-state index contributed by atoms with van der Waals surface area (Å²) >= 11 is 0. The summed E-state index contributed by atoms with van der Waals surface area (Å²) < 4.78 is 18.7. The Morgan fingerprint density at radius 1 is 0.939 bits per heavy atom. The van der Waals surface area contributed by atoms with Crippen molar-refractivity contribution >= 4 is 11.8 Å². The van der Waals surface area contributed by atoms with Gasteiger partial charge in [0.2, 0.25) is 11.8 Å². The van der Waals surface area contributed by atoms with E-state index in [9.17, 15) is 14.0 Å². The van der Waals surface area contributed by atoms with Crippen LogP contribution in [-0.2, 0) is 29.0 Å². The third kappa shape index (κ3) is 7.31. The Morgan fingerprint density at radius 2 is 1.67 bits per heavy atom. The minimum atomic E-state index is -0.341. The number of halogens is 1. The van der Waals surface area contributed by atoms with Crippen molar-refractivity contribution in [1.29, 1.82) is 0 Å². The molecule has 0 aliphatic carbocycles. The molecule has 0 saturated carbocycles. The van der Waals surface area contributed by atoms with E-state index in [4.69, 9.17) is 4.42 Å². The van der Waals surface area contributed by atoms with Gasteiger partial charge in [0.05, 0.1) is 19.2 Å². The topological polar surface area (TPSA) is 53.8 Å². The van der Waals surface area contributed by atoms with Crippen molar-refractivity contribution in [2.24, 2.45) is 0 Å². The van der Waals surface area contributed by atoms with Crippen LogP contribution in [0.25, 0.3) is 0 Å². The molecule has 5 nitrogen and oxygen atoms in total. The van der Waals surface area contributed by atoms with Gasteiger partial charge in [-0.15, -0.1) is 0 Å². The molecule has 2 amide bonds. The van der Waals surface area contributed by atoms with Crippen LogP contribution in [0.1, 0.15) is 37.2 Å². The second kappa shape index (κ2) is 12.0. The number of furan rings is 1. The predicted octanol–water partition coefficient (Wildman–Crippen LogP) is 4.86. The maximum Gasteiger partial charge on any atom is 0.242 e. The predicted molar refractivity (Wildman–Crippen MR) is 126 cm³/mol. The van der Waals surface area contributed by atoms with Crippen LogP contribution in [0.2, 0.25) is 0 Å². The maximum absolute atomic E-state index is 13.4. The van der Waals surface area contributed by atoms with Crippen molar-refractivity contribution in [2.75, 3.05) is 13.1 Å². The van der Waals surface area contributed by atoms with Crippen LogP contribution in [0.5, 0.6) is 0 Å². The SMILES string of the molecule is CCC(C)N(CC(=O)N(CCc1ccccc1)Cc1ccco1)C(=O)Cc1ccc(F)cc1. The van der Waals surface area contributed by atoms with E-state index >= 15 is 0 Å². The number of benzene rings is 2. The van der Waals surface area contributed by atoms with Gasteiger partial charge in [0, 0.05) is 12.6 Å². The van der Waals surface area contributed by atoms with Crippen molar-refractivity contribution in [3.8, 4) is 0 Å². The molecular weight excluding hydrogens is 419 g/mol. The van der Waals surface area contributed by atoms with Gasteiger partial charge in [-0.3, -0.25) is 9.59 Å². The van der Waals surface area contributed by atoms with Gasteiger partial charge < -0.3 is 14.2 Å². The van der Waals surface area contributed by atoms with Crippen molar-refractivity contribution < 1.29 is 18.4 Å². The number of amides is 2. The maximum atomic E-state index is 13.4. The highest BCUT2D eigenvalue weighted by molar-refractivity contribution is 5.86. The van der Waals surface area contributed by atoms with Crippen LogP contribution >= 0.6 is 0 Å². The molecule has 1 heterocycles. The number of hydrogen-bond donors (Lipinski definition) is 0. The molecule has 174 valence electrons. The van der Waals surface area contributed by atoms with E-state index in [-0.39, 0.29) is 36.6 Å². The zero-order chi connectivity index (χ0) is 23.6. The highest BCUT2D eigenvalue weighted by atomic mass is 19.1. The standard InChI is InChI=1S/C27H31FN2O3/c1-3-21(2)30(26(31)18-23-11-13-24(28)14-12-23)20-27(32)29(19-25-10-7-17-33-25)16-15-22-8-5-4-6-9-22/h4-14,17,21H,3,15-16,18-20H2,1-2H3. The summed E-state index contributed by atoms with van der Waals surface area (Å²) in [7, 11) is 0. The lowest BCUT2D eigenvalue weighted by atomic mass is 10.1. The van der Waals surface area contributed by atoms with E-state index in [0.29, 0.717) is 25.3 Å². The number of nitrogens with zero attached hydrogens (tertiary/aromatic N) is 2. The molecule has 0 bridgehead atoms. The van der Waals surface area contributed by atoms with E-state index in [0.717, 1.165) is 17.5 Å². The van der Waals surface area contributed by atoms with Gasteiger partial charge in [0.25, 0.3) is 0 Å². The Morgan fingerprint density at radius 3 is 2.30 bits per heavy atom. The van der Waals surface area contributed by atoms with Gasteiger partial charge in [-0.05, 0) is 55.2 Å². The average molecular weight is 451 g/mol. The summed E-state index contributed by atoms with van der Waals surface area (Å²) in [4.78, 5) is 29.8. The summed E-state index contributed by atoms with van der Waals surface area (Å²) in [5, 5.41) is 0. The van der Waals surface area contributed by atoms with Gasteiger partial charge in [-0.2, -0.15) is 0 Å². The van der Waals surface area contributed by atoms with Crippen LogP contribution in [0.15, 0.2) is 77.4 Å². The van der Waals surface area contributed by atoms with Gasteiger partial charge in [-0.1, -0.05) is 49.4 Å². The molecule has 3 rings (SSSR count). The zero-order valence-electron chi connectivity index (χ0n) is 19.2. The van der Waals surface area contributed by atoms with E-state index in [1.165, 1.54) is 12.1 Å². The lowest BCUT2D eigenvalue weighted by Gasteiger charge is -2.31. The monoisotopic (exact) mass is 450 g/mol. The Labute approximate surface area is 194 Å². The summed E-state index contributed by atoms with van der Waals surface area (Å²) in [5.74, 6) is 0.0803. The van der Waals surface area contributed by atoms with Gasteiger partial charge in [-0.25, -0.2) is 4.39 Å². The smallest absolute Gasteiger partial charge is 0.242 e. The third-order valence-electron chi connectivity index (χ3n) is 5.81. The molecule has 3 aromatic rings. The third-order valence-corrected chi connectivity index (χ3v) is 5.81. The molecular formula is C27H31FN2O3. The Kier molecular flexibility index (Phi) is 8.81. The molecule has 6 heteroatoms. The van der Waals surface area contributed by atoms with E-state index < -0.39 is 0 Å². The van der Waals surface area contributed by atoms with Crippen molar-refractivity contribution in [3.05, 3.63) is 95.7 Å². The number of carbonyl (C=O) groups excluding carboxylic acids is 2. The van der Waals surface area contributed by atoms with Crippen LogP contribution in [0, 0.1) is 5.82 Å². The second-order valence-corrected chi connectivity index (χ2v) is 8.21. The number of carbonyl (C=O) groups is 2. The lowest BCUT2D eigenvalue weighted by molar-refractivity contribution is -0.142. The molecule has 0 radical (unpaired) electrons. The largest absolute Gasteiger partial charge is 0.467 e. The molecule has 0 saturated heterocycles. The molecule has 33 heavy (non-hydrogen) atoms. The van der Waals surface area contributed by atoms with Crippen molar-refractivity contribution in [3.63, 3.8) is 0 Å². The van der Waals surface area contributed by atoms with E-state index in [1.54, 1.807) is 34.3 Å². The molecule has 1 unspecified atom stereocenters. The lowest BCUT2D eigenvalue weighted by Crippen LogP contribution is -2.47. The summed E-state index contributed by atoms with van der Waals surface area (Å²) in [5.41, 5.74) is 1.86. The van der Waals surface area contributed by atoms with Crippen LogP contribution < -0.4 is 0 Å². The van der Waals surface area contributed by atoms with Gasteiger partial charge in [0.15, 0.2) is 0 Å². The summed E-state index contributed by atoms with van der Waals surface area (Å²) in [6.45, 7) is 4.79. The van der Waals surface area contributed by atoms with Crippen LogP contribution in [0.3, 0.4) is 0 Å². The fourth-order valence-corrected chi connectivity index (χ4v) is 3.63. The van der Waals surface area contributed by atoms with Crippen molar-refractivity contribution in [2.45, 2.75) is 45.7 Å². The Hall–Kier alpha value is -3.41. The van der Waals surface area contributed by atoms with Crippen LogP contribution in [0.4, 0.5) is 4.39 Å². The first-order valence-corrected chi connectivity index (χ1v) is 11.3. The quantitative estimate of drug-likeness (QED) is 0.419. The summed E-state index contributed by atoms with van der Waals surface area (Å²) in [6.07, 6.45) is 3.15. The number of hydrogen-bond acceptors (Lipinski definition) is 3. The Bertz CT molecular complexity index is 1000. The second-order valence-electron chi connectivity index (χ2n) is 8.21. The normalized spacial score (nSPS) is 11.7. The number of rotatable bonds is 11. The first kappa shape index (κ1) is 24.2. The van der Waals surface area contributed by atoms with Crippen LogP contribution in [-0.4, -0.2) is 40.7 Å². The highest BCUT2D eigenvalue weighted by Gasteiger charge is 2.25. The molecule has 0 spiro atoms. The van der Waals surface area contributed by atoms with Gasteiger partial charge in [0.1, 0.15) is 18.1 Å². The zero-order valence-corrected chi connectivity index (χ0v) is 19.2. The Balaban J connectivity index is 1.72. The molecule has 1 atom stereocenters. The minimum Gasteiger partial charge on any atom is -0.467 e. The molecule has 0 aliphatic heterocycles. The first-order valence-electron chi connectivity index (χ1n) is 11.3. The summed E-state index contributed by atoms with van der Waals surface area (Å²) in [6, 6.07) is 19.4. The van der Waals surface area contributed by atoms with Crippen molar-refractivity contribution in [1.82, 2.24) is 9.80 Å². The van der Waals surface area contributed by atoms with E-state index in [1.807, 2.05) is 50.2 Å². The molecule has 0 aliphatic rings. The fourth-order valence-electron chi connectivity index (χ4n) is 3.63.